The van der Waals surface area contributed by atoms with Gasteiger partial charge in [0, 0.05) is 19.6 Å². The van der Waals surface area contributed by atoms with E-state index in [2.05, 4.69) is 10.8 Å². The number of nitrogens with zero attached hydrogens (tertiary/aromatic N) is 1. The topological polar surface area (TPSA) is 38.5 Å². The number of nitrogens with two attached hydrogens (primary N) is 1. The van der Waals surface area contributed by atoms with Crippen LogP contribution in [0.4, 0.5) is 0 Å². The number of terminal acetylenes is 1. The Bertz CT molecular complexity index is 184. The van der Waals surface area contributed by atoms with Gasteiger partial charge in [-0.05, 0) is 18.8 Å². The third-order valence-corrected chi connectivity index (χ3v) is 2.34. The molecule has 0 radical (unpaired) electrons. The molecular weight excluding hydrogens is 176 g/mol. The maximum absolute atomic E-state index is 5.33. The first-order valence-electron chi connectivity index (χ1n) is 5.30. The molecule has 1 fully saturated rings. The molecule has 0 aliphatic heterocycles. The minimum Gasteiger partial charge on any atom is -0.379 e. The van der Waals surface area contributed by atoms with Crippen LogP contribution >= 0.6 is 0 Å². The zero-order chi connectivity index (χ0) is 10.2. The summed E-state index contributed by atoms with van der Waals surface area (Å²) in [4.78, 5) is 2.29. The van der Waals surface area contributed by atoms with E-state index in [1.807, 2.05) is 0 Å². The second-order valence-corrected chi connectivity index (χ2v) is 3.78. The predicted molar refractivity (Wildman–Crippen MR) is 57.9 cm³/mol. The first-order chi connectivity index (χ1) is 6.86. The van der Waals surface area contributed by atoms with E-state index >= 15 is 0 Å². The monoisotopic (exact) mass is 196 g/mol. The van der Waals surface area contributed by atoms with Crippen molar-refractivity contribution in [2.45, 2.75) is 12.8 Å². The molecule has 1 saturated carbocycles. The van der Waals surface area contributed by atoms with Crippen LogP contribution in [0.1, 0.15) is 12.8 Å². The summed E-state index contributed by atoms with van der Waals surface area (Å²) in [5.41, 5.74) is 5.32. The van der Waals surface area contributed by atoms with Crippen molar-refractivity contribution >= 4 is 0 Å². The molecule has 80 valence electrons. The van der Waals surface area contributed by atoms with Gasteiger partial charge in [0.15, 0.2) is 0 Å². The summed E-state index contributed by atoms with van der Waals surface area (Å²) in [7, 11) is 0. The van der Waals surface area contributed by atoms with Crippen LogP contribution in [0.25, 0.3) is 0 Å². The van der Waals surface area contributed by atoms with Crippen LogP contribution in [-0.4, -0.2) is 44.3 Å². The normalized spacial score (nSPS) is 15.8. The Balaban J connectivity index is 2.04. The summed E-state index contributed by atoms with van der Waals surface area (Å²) in [6, 6.07) is 0. The maximum Gasteiger partial charge on any atom is 0.0599 e. The van der Waals surface area contributed by atoms with Gasteiger partial charge in [-0.1, -0.05) is 5.92 Å². The van der Waals surface area contributed by atoms with Crippen molar-refractivity contribution in [2.75, 3.05) is 39.4 Å². The van der Waals surface area contributed by atoms with Crippen LogP contribution in [0.5, 0.6) is 0 Å². The molecule has 0 bridgehead atoms. The summed E-state index contributed by atoms with van der Waals surface area (Å²) in [6.07, 6.45) is 8.04. The zero-order valence-corrected chi connectivity index (χ0v) is 8.74. The van der Waals surface area contributed by atoms with E-state index in [9.17, 15) is 0 Å². The maximum atomic E-state index is 5.33. The molecule has 14 heavy (non-hydrogen) atoms. The van der Waals surface area contributed by atoms with Gasteiger partial charge in [0.2, 0.25) is 0 Å². The molecule has 0 unspecified atom stereocenters. The van der Waals surface area contributed by atoms with Crippen molar-refractivity contribution in [2.24, 2.45) is 11.7 Å². The highest BCUT2D eigenvalue weighted by atomic mass is 16.5. The first kappa shape index (κ1) is 11.5. The Morgan fingerprint density at radius 2 is 2.21 bits per heavy atom. The average molecular weight is 196 g/mol. The fraction of sp³-hybridized carbons (Fsp3) is 0.818. The van der Waals surface area contributed by atoms with E-state index in [0.717, 1.165) is 32.2 Å². The standard InChI is InChI=1S/C11H20N2O/c1-2-6-13(10-11-3-4-11)7-9-14-8-5-12/h1,11H,3-10,12H2. The Morgan fingerprint density at radius 3 is 2.79 bits per heavy atom. The van der Waals surface area contributed by atoms with Crippen LogP contribution in [0.15, 0.2) is 0 Å². The van der Waals surface area contributed by atoms with Crippen molar-refractivity contribution in [3.05, 3.63) is 0 Å². The lowest BCUT2D eigenvalue weighted by Crippen LogP contribution is -2.30. The van der Waals surface area contributed by atoms with E-state index in [-0.39, 0.29) is 0 Å². The molecule has 3 nitrogen and oxygen atoms in total. The zero-order valence-electron chi connectivity index (χ0n) is 8.74. The first-order valence-corrected chi connectivity index (χ1v) is 5.30. The van der Waals surface area contributed by atoms with Gasteiger partial charge in [-0.25, -0.2) is 0 Å². The van der Waals surface area contributed by atoms with Gasteiger partial charge in [0.1, 0.15) is 0 Å². The molecule has 0 aromatic heterocycles. The second-order valence-electron chi connectivity index (χ2n) is 3.78. The van der Waals surface area contributed by atoms with Crippen molar-refractivity contribution in [1.82, 2.24) is 4.90 Å². The fourth-order valence-electron chi connectivity index (χ4n) is 1.41. The SMILES string of the molecule is C#CCN(CCOCCN)CC1CC1. The van der Waals surface area contributed by atoms with Gasteiger partial charge in [0.05, 0.1) is 19.8 Å². The smallest absolute Gasteiger partial charge is 0.0599 e. The average Bonchev–Trinajstić information content (AvgIpc) is 2.96. The summed E-state index contributed by atoms with van der Waals surface area (Å²) in [6.45, 7) is 4.79. The minimum absolute atomic E-state index is 0.595. The molecule has 2 N–H and O–H groups in total. The van der Waals surface area contributed by atoms with Crippen LogP contribution in [0, 0.1) is 18.3 Å². The predicted octanol–water partition coefficient (Wildman–Crippen LogP) is 0.307. The van der Waals surface area contributed by atoms with E-state index in [4.69, 9.17) is 16.9 Å². The van der Waals surface area contributed by atoms with Gasteiger partial charge in [-0.15, -0.1) is 6.42 Å². The molecule has 1 aliphatic rings. The minimum atomic E-state index is 0.595. The molecule has 0 spiro atoms. The van der Waals surface area contributed by atoms with E-state index in [1.165, 1.54) is 12.8 Å². The van der Waals surface area contributed by atoms with Crippen molar-refractivity contribution in [3.8, 4) is 12.3 Å². The van der Waals surface area contributed by atoms with Crippen LogP contribution in [-0.2, 0) is 4.74 Å². The highest BCUT2D eigenvalue weighted by molar-refractivity contribution is 4.90. The Morgan fingerprint density at radius 1 is 1.43 bits per heavy atom. The Kier molecular flexibility index (Phi) is 5.62. The summed E-state index contributed by atoms with van der Waals surface area (Å²) >= 11 is 0. The van der Waals surface area contributed by atoms with Crippen molar-refractivity contribution in [3.63, 3.8) is 0 Å². The summed E-state index contributed by atoms with van der Waals surface area (Å²) in [5.74, 6) is 3.57. The number of hydrogen-bond donors (Lipinski definition) is 1. The molecule has 1 rings (SSSR count). The third-order valence-electron chi connectivity index (χ3n) is 2.34. The lowest BCUT2D eigenvalue weighted by atomic mass is 10.3. The number of rotatable bonds is 8. The molecule has 0 atom stereocenters. The lowest BCUT2D eigenvalue weighted by molar-refractivity contribution is 0.112. The van der Waals surface area contributed by atoms with Crippen LogP contribution in [0.3, 0.4) is 0 Å². The van der Waals surface area contributed by atoms with E-state index in [1.54, 1.807) is 0 Å². The van der Waals surface area contributed by atoms with Gasteiger partial charge < -0.3 is 10.5 Å². The molecule has 0 aromatic carbocycles. The molecular formula is C11H20N2O. The third kappa shape index (κ3) is 5.23. The second kappa shape index (κ2) is 6.83. The quantitative estimate of drug-likeness (QED) is 0.448. The largest absolute Gasteiger partial charge is 0.379 e. The summed E-state index contributed by atoms with van der Waals surface area (Å²) < 4.78 is 5.33. The molecule has 0 amide bonds. The highest BCUT2D eigenvalue weighted by Gasteiger charge is 2.23. The summed E-state index contributed by atoms with van der Waals surface area (Å²) in [5, 5.41) is 0. The van der Waals surface area contributed by atoms with Crippen molar-refractivity contribution in [1.29, 1.82) is 0 Å². The van der Waals surface area contributed by atoms with Gasteiger partial charge in [-0.3, -0.25) is 4.90 Å². The molecule has 0 aromatic rings. The molecule has 3 heteroatoms. The van der Waals surface area contributed by atoms with Crippen molar-refractivity contribution < 1.29 is 4.74 Å². The lowest BCUT2D eigenvalue weighted by Gasteiger charge is -2.19. The van der Waals surface area contributed by atoms with Crippen LogP contribution < -0.4 is 5.73 Å². The molecule has 0 saturated heterocycles. The Hall–Kier alpha value is -0.560. The fourth-order valence-corrected chi connectivity index (χ4v) is 1.41. The van der Waals surface area contributed by atoms with Gasteiger partial charge >= 0.3 is 0 Å². The number of ether oxygens (including phenoxy) is 1. The van der Waals surface area contributed by atoms with E-state index in [0.29, 0.717) is 13.2 Å². The van der Waals surface area contributed by atoms with E-state index < -0.39 is 0 Å². The Labute approximate surface area is 86.6 Å². The van der Waals surface area contributed by atoms with Gasteiger partial charge in [0.25, 0.3) is 0 Å². The molecule has 1 aliphatic carbocycles. The molecule has 0 heterocycles. The highest BCUT2D eigenvalue weighted by Crippen LogP contribution is 2.29. The van der Waals surface area contributed by atoms with Gasteiger partial charge in [-0.2, -0.15) is 0 Å². The number of hydrogen-bond acceptors (Lipinski definition) is 3. The van der Waals surface area contributed by atoms with Crippen LogP contribution in [0.2, 0.25) is 0 Å².